The van der Waals surface area contributed by atoms with Crippen LogP contribution >= 0.6 is 27.2 Å². The molecule has 1 aliphatic heterocycles. The smallest absolute Gasteiger partial charge is 0.347 e. The lowest BCUT2D eigenvalue weighted by Crippen LogP contribution is -2.37. The lowest BCUT2D eigenvalue weighted by Gasteiger charge is -2.20. The topological polar surface area (TPSA) is 177 Å². The number of phosphoric acid groups is 2. The predicted molar refractivity (Wildman–Crippen MR) is 78.4 cm³/mol. The summed E-state index contributed by atoms with van der Waals surface area (Å²) in [5, 5.41) is -2.63. The number of aromatic amines is 1. The van der Waals surface area contributed by atoms with Gasteiger partial charge < -0.3 is 19.4 Å². The number of hydrogen-bond acceptors (Lipinski definition) is 7. The summed E-state index contributed by atoms with van der Waals surface area (Å²) in [4.78, 5) is 50.6. The van der Waals surface area contributed by atoms with Gasteiger partial charge in [0.05, 0.1) is 12.7 Å². The number of hydrogen-bond donors (Lipinski definition) is 4. The van der Waals surface area contributed by atoms with Crippen LogP contribution in [0.1, 0.15) is 12.6 Å². The van der Waals surface area contributed by atoms with Gasteiger partial charge in [-0.3, -0.25) is 18.9 Å². The minimum Gasteiger partial charge on any atom is -0.347 e. The molecule has 0 amide bonds. The van der Waals surface area contributed by atoms with Gasteiger partial charge in [0.1, 0.15) is 0 Å². The molecule has 0 bridgehead atoms. The van der Waals surface area contributed by atoms with E-state index in [0.717, 1.165) is 12.3 Å². The van der Waals surface area contributed by atoms with Crippen molar-refractivity contribution in [2.45, 2.75) is 23.9 Å². The molecule has 0 aromatic carbocycles. The molecular formula is C9H12ClFN2O10P2. The van der Waals surface area contributed by atoms with Crippen LogP contribution in [0.4, 0.5) is 4.39 Å². The maximum atomic E-state index is 14.4. The summed E-state index contributed by atoms with van der Waals surface area (Å²) in [7, 11) is -10.4. The van der Waals surface area contributed by atoms with Crippen molar-refractivity contribution in [2.75, 3.05) is 6.61 Å². The van der Waals surface area contributed by atoms with Gasteiger partial charge in [0.25, 0.3) is 5.56 Å². The Balaban J connectivity index is 2.09. The van der Waals surface area contributed by atoms with Crippen molar-refractivity contribution in [1.82, 2.24) is 9.55 Å². The van der Waals surface area contributed by atoms with Crippen LogP contribution in [0.5, 0.6) is 0 Å². The molecule has 4 unspecified atom stereocenters. The molecular weight excluding hydrogens is 413 g/mol. The zero-order valence-corrected chi connectivity index (χ0v) is 14.6. The van der Waals surface area contributed by atoms with Gasteiger partial charge in [0.2, 0.25) is 5.13 Å². The molecule has 12 nitrogen and oxygen atoms in total. The molecule has 0 radical (unpaired) electrons. The Bertz CT molecular complexity index is 849. The molecule has 1 aromatic rings. The van der Waals surface area contributed by atoms with E-state index in [4.69, 9.17) is 31.0 Å². The first kappa shape index (κ1) is 20.4. The normalized spacial score (nSPS) is 29.5. The first-order chi connectivity index (χ1) is 11.3. The first-order valence-corrected chi connectivity index (χ1v) is 9.78. The third-order valence-corrected chi connectivity index (χ3v) is 5.41. The van der Waals surface area contributed by atoms with Crippen molar-refractivity contribution in [3.05, 3.63) is 33.1 Å². The minimum atomic E-state index is -5.30. The molecule has 1 saturated heterocycles. The molecule has 0 aliphatic carbocycles. The van der Waals surface area contributed by atoms with E-state index in [1.807, 2.05) is 4.98 Å². The van der Waals surface area contributed by atoms with E-state index < -0.39 is 57.4 Å². The Morgan fingerprint density at radius 2 is 2.08 bits per heavy atom. The van der Waals surface area contributed by atoms with Crippen LogP contribution < -0.4 is 11.2 Å². The summed E-state index contributed by atoms with van der Waals surface area (Å²) in [5.41, 5.74) is -1.73. The van der Waals surface area contributed by atoms with Crippen molar-refractivity contribution < 1.29 is 41.8 Å². The Labute approximate surface area is 143 Å². The summed E-state index contributed by atoms with van der Waals surface area (Å²) < 4.78 is 50.0. The Morgan fingerprint density at radius 1 is 1.44 bits per heavy atom. The average molecular weight is 425 g/mol. The van der Waals surface area contributed by atoms with Crippen LogP contribution in [0.2, 0.25) is 0 Å². The molecule has 16 heteroatoms. The average Bonchev–Trinajstić information content (AvgIpc) is 2.69. The molecule has 0 saturated carbocycles. The minimum absolute atomic E-state index is 0.597. The lowest BCUT2D eigenvalue weighted by molar-refractivity contribution is -0.0461. The highest BCUT2D eigenvalue weighted by Crippen LogP contribution is 2.58. The second-order valence-electron chi connectivity index (χ2n) is 4.93. The fraction of sp³-hybridized carbons (Fsp3) is 0.556. The van der Waals surface area contributed by atoms with E-state index in [0.29, 0.717) is 4.57 Å². The summed E-state index contributed by atoms with van der Waals surface area (Å²) >= 11 is 5.64. The fourth-order valence-electron chi connectivity index (χ4n) is 2.05. The monoisotopic (exact) mass is 424 g/mol. The molecule has 25 heavy (non-hydrogen) atoms. The molecule has 4 N–H and O–H groups in total. The molecule has 1 fully saturated rings. The molecule has 2 rings (SSSR count). The highest BCUT2D eigenvalue weighted by atomic mass is 35.5. The Morgan fingerprint density at radius 3 is 2.64 bits per heavy atom. The van der Waals surface area contributed by atoms with Crippen LogP contribution in [0.3, 0.4) is 0 Å². The Kier molecular flexibility index (Phi) is 5.74. The summed E-state index contributed by atoms with van der Waals surface area (Å²) in [6, 6.07) is 0.928. The standard InChI is InChI=1S/C9H12ClFN2O10P2/c10-9(11)3-5(4-21-25(19,20)23-24(16,17)18)22-7(9)13-2-1-6(14)12-8(13)15/h1-2,5,7H,3-4H2,(H,19,20)(H,12,14,15)(H2,16,17,18). The van der Waals surface area contributed by atoms with Gasteiger partial charge in [-0.05, 0) is 0 Å². The van der Waals surface area contributed by atoms with Crippen LogP contribution in [-0.4, -0.2) is 42.1 Å². The van der Waals surface area contributed by atoms with Crippen molar-refractivity contribution in [3.8, 4) is 0 Å². The first-order valence-electron chi connectivity index (χ1n) is 6.38. The number of aromatic nitrogens is 2. The Hall–Kier alpha value is -0.880. The fourth-order valence-corrected chi connectivity index (χ4v) is 4.00. The highest BCUT2D eigenvalue weighted by molar-refractivity contribution is 7.60. The number of halogens is 2. The van der Waals surface area contributed by atoms with Gasteiger partial charge >= 0.3 is 21.3 Å². The second kappa shape index (κ2) is 7.03. The summed E-state index contributed by atoms with van der Waals surface area (Å²) in [5.74, 6) is 0. The number of ether oxygens (including phenoxy) is 1. The van der Waals surface area contributed by atoms with Crippen LogP contribution in [0.25, 0.3) is 0 Å². The SMILES string of the molecule is O=c1ccn(C2OC(COP(=O)(O)OP(=O)(O)O)CC2(F)Cl)c(=O)[nH]1. The van der Waals surface area contributed by atoms with Crippen molar-refractivity contribution in [2.24, 2.45) is 0 Å². The number of nitrogens with one attached hydrogen (secondary N) is 1. The van der Waals surface area contributed by atoms with Crippen molar-refractivity contribution >= 4 is 27.2 Å². The quantitative estimate of drug-likeness (QED) is 0.357. The van der Waals surface area contributed by atoms with Gasteiger partial charge in [-0.25, -0.2) is 18.3 Å². The van der Waals surface area contributed by atoms with Crippen LogP contribution in [-0.2, 0) is 22.7 Å². The maximum absolute atomic E-state index is 14.4. The molecule has 1 aromatic heterocycles. The number of nitrogens with zero attached hydrogens (tertiary/aromatic N) is 1. The molecule has 0 spiro atoms. The van der Waals surface area contributed by atoms with Gasteiger partial charge in [0, 0.05) is 18.7 Å². The van der Waals surface area contributed by atoms with Crippen molar-refractivity contribution in [1.29, 1.82) is 0 Å². The van der Waals surface area contributed by atoms with E-state index in [2.05, 4.69) is 8.83 Å². The molecule has 4 atom stereocenters. The third kappa shape index (κ3) is 5.55. The highest BCUT2D eigenvalue weighted by Gasteiger charge is 2.50. The van der Waals surface area contributed by atoms with Crippen molar-refractivity contribution in [3.63, 3.8) is 0 Å². The van der Waals surface area contributed by atoms with E-state index in [1.54, 1.807) is 0 Å². The van der Waals surface area contributed by atoms with E-state index in [9.17, 15) is 23.1 Å². The van der Waals surface area contributed by atoms with Gasteiger partial charge in [-0.2, -0.15) is 4.31 Å². The lowest BCUT2D eigenvalue weighted by atomic mass is 10.2. The van der Waals surface area contributed by atoms with E-state index in [-0.39, 0.29) is 0 Å². The van der Waals surface area contributed by atoms with E-state index >= 15 is 0 Å². The largest absolute Gasteiger partial charge is 0.481 e. The summed E-state index contributed by atoms with van der Waals surface area (Å²) in [6.07, 6.45) is -2.60. The van der Waals surface area contributed by atoms with Crippen LogP contribution in [0.15, 0.2) is 21.9 Å². The third-order valence-electron chi connectivity index (χ3n) is 2.92. The van der Waals surface area contributed by atoms with Gasteiger partial charge in [-0.1, -0.05) is 11.6 Å². The molecule has 2 heterocycles. The number of rotatable bonds is 6. The van der Waals surface area contributed by atoms with Gasteiger partial charge in [-0.15, -0.1) is 0 Å². The number of H-pyrrole nitrogens is 1. The number of alkyl halides is 2. The zero-order chi connectivity index (χ0) is 19.0. The summed E-state index contributed by atoms with van der Waals surface area (Å²) in [6.45, 7) is -0.819. The maximum Gasteiger partial charge on any atom is 0.481 e. The van der Waals surface area contributed by atoms with Gasteiger partial charge in [0.15, 0.2) is 6.23 Å². The van der Waals surface area contributed by atoms with Crippen LogP contribution in [0, 0.1) is 0 Å². The molecule has 1 aliphatic rings. The predicted octanol–water partition coefficient (Wildman–Crippen LogP) is -0.0450. The number of phosphoric ester groups is 1. The second-order valence-corrected chi connectivity index (χ2v) is 8.39. The van der Waals surface area contributed by atoms with E-state index in [1.165, 1.54) is 0 Å². The molecule has 142 valence electrons. The zero-order valence-electron chi connectivity index (χ0n) is 12.0.